The first-order valence-corrected chi connectivity index (χ1v) is 7.33. The van der Waals surface area contributed by atoms with E-state index in [1.165, 1.54) is 38.8 Å². The molecule has 3 unspecified atom stereocenters. The minimum absolute atomic E-state index is 0.211. The molecule has 2 aliphatic heterocycles. The SMILES string of the molecule is C1COC2(CCN(CC3CC4CCC3C4)C2)O1. The topological polar surface area (TPSA) is 21.7 Å². The molecule has 2 heterocycles. The first-order chi connectivity index (χ1) is 8.33. The summed E-state index contributed by atoms with van der Waals surface area (Å²) in [5.74, 6) is 2.88. The van der Waals surface area contributed by atoms with Gasteiger partial charge in [-0.15, -0.1) is 0 Å². The molecule has 4 rings (SSSR count). The maximum atomic E-state index is 5.79. The lowest BCUT2D eigenvalue weighted by Gasteiger charge is -2.28. The molecule has 4 aliphatic rings. The molecule has 0 N–H and O–H groups in total. The van der Waals surface area contributed by atoms with E-state index < -0.39 is 0 Å². The van der Waals surface area contributed by atoms with Crippen molar-refractivity contribution in [2.45, 2.75) is 37.9 Å². The van der Waals surface area contributed by atoms with E-state index in [9.17, 15) is 0 Å². The number of hydrogen-bond acceptors (Lipinski definition) is 3. The van der Waals surface area contributed by atoms with Gasteiger partial charge >= 0.3 is 0 Å². The van der Waals surface area contributed by atoms with Gasteiger partial charge in [0, 0.05) is 19.5 Å². The summed E-state index contributed by atoms with van der Waals surface area (Å²) in [5.41, 5.74) is 0. The molecule has 0 aromatic rings. The summed E-state index contributed by atoms with van der Waals surface area (Å²) in [6.45, 7) is 5.08. The van der Waals surface area contributed by atoms with Gasteiger partial charge in [-0.25, -0.2) is 0 Å². The monoisotopic (exact) mass is 237 g/mol. The lowest BCUT2D eigenvalue weighted by atomic mass is 9.88. The van der Waals surface area contributed by atoms with Gasteiger partial charge in [0.05, 0.1) is 19.8 Å². The number of nitrogens with zero attached hydrogens (tertiary/aromatic N) is 1. The first kappa shape index (κ1) is 10.8. The van der Waals surface area contributed by atoms with E-state index >= 15 is 0 Å². The van der Waals surface area contributed by atoms with Crippen LogP contribution >= 0.6 is 0 Å². The second kappa shape index (κ2) is 3.94. The highest BCUT2D eigenvalue weighted by Gasteiger charge is 2.46. The van der Waals surface area contributed by atoms with E-state index in [-0.39, 0.29) is 5.79 Å². The third-order valence-corrected chi connectivity index (χ3v) is 5.46. The highest BCUT2D eigenvalue weighted by Crippen LogP contribution is 2.48. The molecule has 3 heteroatoms. The van der Waals surface area contributed by atoms with Crippen LogP contribution in [0, 0.1) is 17.8 Å². The van der Waals surface area contributed by atoms with Crippen molar-refractivity contribution in [1.82, 2.24) is 4.90 Å². The second-order valence-electron chi connectivity index (χ2n) is 6.53. The van der Waals surface area contributed by atoms with E-state index in [4.69, 9.17) is 9.47 Å². The first-order valence-electron chi connectivity index (χ1n) is 7.33. The van der Waals surface area contributed by atoms with Crippen molar-refractivity contribution >= 4 is 0 Å². The highest BCUT2D eigenvalue weighted by atomic mass is 16.7. The van der Waals surface area contributed by atoms with Gasteiger partial charge in [-0.2, -0.15) is 0 Å². The number of hydrogen-bond donors (Lipinski definition) is 0. The third kappa shape index (κ3) is 1.83. The summed E-state index contributed by atoms with van der Waals surface area (Å²) in [7, 11) is 0. The van der Waals surface area contributed by atoms with Crippen LogP contribution < -0.4 is 0 Å². The van der Waals surface area contributed by atoms with Crippen LogP contribution in [-0.4, -0.2) is 43.5 Å². The van der Waals surface area contributed by atoms with Gasteiger partial charge in [-0.1, -0.05) is 6.42 Å². The van der Waals surface area contributed by atoms with Crippen molar-refractivity contribution in [2.75, 3.05) is 32.8 Å². The summed E-state index contributed by atoms with van der Waals surface area (Å²) < 4.78 is 11.6. The summed E-state index contributed by atoms with van der Waals surface area (Å²) in [6.07, 6.45) is 7.11. The molecule has 0 aromatic heterocycles. The zero-order chi connectivity index (χ0) is 11.3. The summed E-state index contributed by atoms with van der Waals surface area (Å²) >= 11 is 0. The number of likely N-dealkylation sites (tertiary alicyclic amines) is 1. The standard InChI is InChI=1S/C14H23NO2/c1-2-12-7-11(1)8-13(12)9-15-4-3-14(10-15)16-5-6-17-14/h11-13H,1-10H2. The molecule has 3 atom stereocenters. The molecule has 2 bridgehead atoms. The molecule has 3 nitrogen and oxygen atoms in total. The van der Waals surface area contributed by atoms with Gasteiger partial charge < -0.3 is 9.47 Å². The second-order valence-corrected chi connectivity index (χ2v) is 6.53. The Morgan fingerprint density at radius 3 is 2.71 bits per heavy atom. The fourth-order valence-corrected chi connectivity index (χ4v) is 4.65. The Kier molecular flexibility index (Phi) is 2.50. The molecule has 17 heavy (non-hydrogen) atoms. The van der Waals surface area contributed by atoms with Crippen LogP contribution in [-0.2, 0) is 9.47 Å². The number of rotatable bonds is 2. The minimum Gasteiger partial charge on any atom is -0.346 e. The van der Waals surface area contributed by atoms with E-state index in [1.54, 1.807) is 0 Å². The van der Waals surface area contributed by atoms with Gasteiger partial charge in [0.25, 0.3) is 0 Å². The predicted octanol–water partition coefficient (Wildman–Crippen LogP) is 1.87. The Morgan fingerprint density at radius 2 is 2.00 bits per heavy atom. The lowest BCUT2D eigenvalue weighted by molar-refractivity contribution is -0.145. The van der Waals surface area contributed by atoms with Gasteiger partial charge in [0.2, 0.25) is 0 Å². The van der Waals surface area contributed by atoms with Gasteiger partial charge in [-0.3, -0.25) is 4.90 Å². The molecule has 4 fully saturated rings. The van der Waals surface area contributed by atoms with Gasteiger partial charge in [0.1, 0.15) is 0 Å². The van der Waals surface area contributed by atoms with Crippen LogP contribution in [0.15, 0.2) is 0 Å². The molecule has 2 saturated carbocycles. The van der Waals surface area contributed by atoms with E-state index in [2.05, 4.69) is 4.90 Å². The van der Waals surface area contributed by atoms with E-state index in [1.807, 2.05) is 0 Å². The zero-order valence-corrected chi connectivity index (χ0v) is 10.6. The maximum absolute atomic E-state index is 5.79. The minimum atomic E-state index is -0.211. The van der Waals surface area contributed by atoms with Crippen LogP contribution in [0.5, 0.6) is 0 Å². The molecule has 0 aromatic carbocycles. The largest absolute Gasteiger partial charge is 0.346 e. The molecule has 2 saturated heterocycles. The maximum Gasteiger partial charge on any atom is 0.182 e. The molecule has 96 valence electrons. The van der Waals surface area contributed by atoms with Crippen LogP contribution in [0.3, 0.4) is 0 Å². The van der Waals surface area contributed by atoms with Gasteiger partial charge in [-0.05, 0) is 37.0 Å². The summed E-state index contributed by atoms with van der Waals surface area (Å²) in [4.78, 5) is 2.59. The third-order valence-electron chi connectivity index (χ3n) is 5.46. The molecule has 2 aliphatic carbocycles. The van der Waals surface area contributed by atoms with Crippen molar-refractivity contribution in [3.63, 3.8) is 0 Å². The van der Waals surface area contributed by atoms with Crippen molar-refractivity contribution in [3.05, 3.63) is 0 Å². The van der Waals surface area contributed by atoms with Gasteiger partial charge in [0.15, 0.2) is 5.79 Å². The highest BCUT2D eigenvalue weighted by molar-refractivity contribution is 4.94. The Bertz CT molecular complexity index is 301. The van der Waals surface area contributed by atoms with Crippen molar-refractivity contribution in [2.24, 2.45) is 17.8 Å². The average Bonchev–Trinajstić information content (AvgIpc) is 3.07. The van der Waals surface area contributed by atoms with Crippen LogP contribution in [0.25, 0.3) is 0 Å². The van der Waals surface area contributed by atoms with Crippen molar-refractivity contribution in [1.29, 1.82) is 0 Å². The molecular weight excluding hydrogens is 214 g/mol. The summed E-state index contributed by atoms with van der Waals surface area (Å²) in [6, 6.07) is 0. The number of fused-ring (bicyclic) bond motifs is 2. The average molecular weight is 237 g/mol. The summed E-state index contributed by atoms with van der Waals surface area (Å²) in [5, 5.41) is 0. The fraction of sp³-hybridized carbons (Fsp3) is 1.00. The normalized spacial score (nSPS) is 44.1. The zero-order valence-electron chi connectivity index (χ0n) is 10.6. The molecule has 0 radical (unpaired) electrons. The molecular formula is C14H23NO2. The molecule has 1 spiro atoms. The molecule has 0 amide bonds. The van der Waals surface area contributed by atoms with Crippen LogP contribution in [0.1, 0.15) is 32.1 Å². The Hall–Kier alpha value is -0.120. The van der Waals surface area contributed by atoms with E-state index in [0.29, 0.717) is 0 Å². The van der Waals surface area contributed by atoms with Crippen LogP contribution in [0.4, 0.5) is 0 Å². The Morgan fingerprint density at radius 1 is 1.12 bits per heavy atom. The number of ether oxygens (including phenoxy) is 2. The quantitative estimate of drug-likeness (QED) is 0.732. The lowest BCUT2D eigenvalue weighted by Crippen LogP contribution is -2.36. The smallest absolute Gasteiger partial charge is 0.182 e. The Labute approximate surface area is 103 Å². The Balaban J connectivity index is 1.35. The van der Waals surface area contributed by atoms with Crippen molar-refractivity contribution < 1.29 is 9.47 Å². The van der Waals surface area contributed by atoms with Crippen LogP contribution in [0.2, 0.25) is 0 Å². The fourth-order valence-electron chi connectivity index (χ4n) is 4.65. The van der Waals surface area contributed by atoms with Crippen molar-refractivity contribution in [3.8, 4) is 0 Å². The van der Waals surface area contributed by atoms with E-state index in [0.717, 1.165) is 43.9 Å². The predicted molar refractivity (Wildman–Crippen MR) is 64.6 cm³/mol.